The van der Waals surface area contributed by atoms with Crippen molar-refractivity contribution in [1.82, 2.24) is 0 Å². The van der Waals surface area contributed by atoms with E-state index in [9.17, 15) is 18.0 Å². The summed E-state index contributed by atoms with van der Waals surface area (Å²) < 4.78 is 40.6. The summed E-state index contributed by atoms with van der Waals surface area (Å²) in [7, 11) is 0. The molecule has 0 atom stereocenters. The standard InChI is InChI=1S/C10H7BrF3NO3/c11-6-2-3-7(15)9(18-10(12,13)14)5(6)1-4-8(16)17/h1-4H,15H2,(H,16,17)/b4-1+. The van der Waals surface area contributed by atoms with Gasteiger partial charge in [-0.15, -0.1) is 13.2 Å². The molecule has 1 rings (SSSR count). The fourth-order valence-electron chi connectivity index (χ4n) is 1.13. The van der Waals surface area contributed by atoms with Crippen LogP contribution < -0.4 is 10.5 Å². The van der Waals surface area contributed by atoms with Crippen molar-refractivity contribution in [2.24, 2.45) is 0 Å². The number of benzene rings is 1. The van der Waals surface area contributed by atoms with E-state index >= 15 is 0 Å². The van der Waals surface area contributed by atoms with Crippen molar-refractivity contribution in [2.45, 2.75) is 6.36 Å². The van der Waals surface area contributed by atoms with Crippen LogP contribution in [0.4, 0.5) is 18.9 Å². The maximum absolute atomic E-state index is 12.2. The van der Waals surface area contributed by atoms with Crippen molar-refractivity contribution in [3.05, 3.63) is 28.2 Å². The predicted octanol–water partition coefficient (Wildman–Crippen LogP) is 3.03. The second kappa shape index (κ2) is 5.30. The van der Waals surface area contributed by atoms with Crippen LogP contribution in [0.15, 0.2) is 22.7 Å². The number of hydrogen-bond donors (Lipinski definition) is 2. The number of carboxylic acid groups (broad SMARTS) is 1. The lowest BCUT2D eigenvalue weighted by Gasteiger charge is -2.14. The first-order chi connectivity index (χ1) is 8.20. The Morgan fingerprint density at radius 3 is 2.56 bits per heavy atom. The minimum Gasteiger partial charge on any atom is -0.478 e. The monoisotopic (exact) mass is 325 g/mol. The second-order valence-electron chi connectivity index (χ2n) is 3.10. The molecule has 0 spiro atoms. The van der Waals surface area contributed by atoms with Gasteiger partial charge in [-0.2, -0.15) is 0 Å². The van der Waals surface area contributed by atoms with Crippen LogP contribution in [-0.4, -0.2) is 17.4 Å². The summed E-state index contributed by atoms with van der Waals surface area (Å²) in [6.45, 7) is 0. The Bertz CT molecular complexity index is 500. The Morgan fingerprint density at radius 2 is 2.06 bits per heavy atom. The van der Waals surface area contributed by atoms with Crippen LogP contribution in [0.1, 0.15) is 5.56 Å². The predicted molar refractivity (Wildman–Crippen MR) is 61.9 cm³/mol. The number of rotatable bonds is 3. The molecule has 1 aromatic rings. The molecule has 0 radical (unpaired) electrons. The average molecular weight is 326 g/mol. The first kappa shape index (κ1) is 14.4. The van der Waals surface area contributed by atoms with Gasteiger partial charge in [-0.1, -0.05) is 15.9 Å². The van der Waals surface area contributed by atoms with Gasteiger partial charge in [0.25, 0.3) is 0 Å². The van der Waals surface area contributed by atoms with E-state index < -0.39 is 18.1 Å². The maximum Gasteiger partial charge on any atom is 0.573 e. The fourth-order valence-corrected chi connectivity index (χ4v) is 1.58. The number of alkyl halides is 3. The third-order valence-electron chi connectivity index (χ3n) is 1.78. The van der Waals surface area contributed by atoms with E-state index in [1.807, 2.05) is 0 Å². The smallest absolute Gasteiger partial charge is 0.478 e. The van der Waals surface area contributed by atoms with Crippen LogP contribution in [0.5, 0.6) is 5.75 Å². The molecule has 0 heterocycles. The van der Waals surface area contributed by atoms with Crippen LogP contribution in [0.2, 0.25) is 0 Å². The molecule has 0 aliphatic heterocycles. The molecule has 0 bridgehead atoms. The SMILES string of the molecule is Nc1ccc(Br)c(/C=C/C(=O)O)c1OC(F)(F)F. The molecular weight excluding hydrogens is 319 g/mol. The Balaban J connectivity index is 3.29. The zero-order valence-electron chi connectivity index (χ0n) is 8.66. The van der Waals surface area contributed by atoms with E-state index in [1.54, 1.807) is 0 Å². The second-order valence-corrected chi connectivity index (χ2v) is 3.95. The van der Waals surface area contributed by atoms with Crippen molar-refractivity contribution in [2.75, 3.05) is 5.73 Å². The van der Waals surface area contributed by atoms with Crippen LogP contribution in [0.3, 0.4) is 0 Å². The number of carbonyl (C=O) groups is 1. The number of carboxylic acids is 1. The van der Waals surface area contributed by atoms with Crippen molar-refractivity contribution in [1.29, 1.82) is 0 Å². The Morgan fingerprint density at radius 1 is 1.44 bits per heavy atom. The summed E-state index contributed by atoms with van der Waals surface area (Å²) in [6, 6.07) is 2.60. The molecule has 0 aromatic heterocycles. The lowest BCUT2D eigenvalue weighted by atomic mass is 10.1. The minimum absolute atomic E-state index is 0.102. The molecular formula is C10H7BrF3NO3. The third-order valence-corrected chi connectivity index (χ3v) is 2.48. The highest BCUT2D eigenvalue weighted by atomic mass is 79.9. The van der Waals surface area contributed by atoms with Crippen LogP contribution >= 0.6 is 15.9 Å². The van der Waals surface area contributed by atoms with Crippen molar-refractivity contribution in [3.63, 3.8) is 0 Å². The summed E-state index contributed by atoms with van der Waals surface area (Å²) in [5.41, 5.74) is 5.03. The molecule has 98 valence electrons. The Labute approximate surface area is 108 Å². The normalized spacial score (nSPS) is 11.8. The van der Waals surface area contributed by atoms with Crippen molar-refractivity contribution in [3.8, 4) is 5.75 Å². The first-order valence-electron chi connectivity index (χ1n) is 4.45. The maximum atomic E-state index is 12.2. The minimum atomic E-state index is -4.92. The van der Waals surface area contributed by atoms with E-state index in [4.69, 9.17) is 10.8 Å². The zero-order chi connectivity index (χ0) is 13.9. The number of ether oxygens (including phenoxy) is 1. The quantitative estimate of drug-likeness (QED) is 0.661. The van der Waals surface area contributed by atoms with Gasteiger partial charge in [0, 0.05) is 16.1 Å². The first-order valence-corrected chi connectivity index (χ1v) is 5.24. The highest BCUT2D eigenvalue weighted by Gasteiger charge is 2.33. The molecule has 0 aliphatic carbocycles. The number of aliphatic carboxylic acids is 1. The van der Waals surface area contributed by atoms with E-state index in [0.717, 1.165) is 6.08 Å². The zero-order valence-corrected chi connectivity index (χ0v) is 10.2. The molecule has 0 aliphatic rings. The lowest BCUT2D eigenvalue weighted by Crippen LogP contribution is -2.18. The van der Waals surface area contributed by atoms with Gasteiger partial charge in [-0.25, -0.2) is 4.79 Å². The van der Waals surface area contributed by atoms with Gasteiger partial charge in [-0.3, -0.25) is 0 Å². The number of hydrogen-bond acceptors (Lipinski definition) is 3. The Hall–Kier alpha value is -1.70. The van der Waals surface area contributed by atoms with E-state index in [2.05, 4.69) is 20.7 Å². The lowest BCUT2D eigenvalue weighted by molar-refractivity contribution is -0.274. The molecule has 8 heteroatoms. The van der Waals surface area contributed by atoms with E-state index in [1.165, 1.54) is 12.1 Å². The average Bonchev–Trinajstić information content (AvgIpc) is 2.20. The van der Waals surface area contributed by atoms with Gasteiger partial charge in [0.15, 0.2) is 5.75 Å². The Kier molecular flexibility index (Phi) is 4.23. The highest BCUT2D eigenvalue weighted by molar-refractivity contribution is 9.10. The molecule has 18 heavy (non-hydrogen) atoms. The number of anilines is 1. The summed E-state index contributed by atoms with van der Waals surface area (Å²) in [5, 5.41) is 8.46. The third kappa shape index (κ3) is 3.95. The molecule has 0 fully saturated rings. The summed E-state index contributed by atoms with van der Waals surface area (Å²) >= 11 is 2.99. The van der Waals surface area contributed by atoms with Crippen molar-refractivity contribution < 1.29 is 27.8 Å². The largest absolute Gasteiger partial charge is 0.573 e. The molecule has 0 saturated carbocycles. The van der Waals surface area contributed by atoms with E-state index in [-0.39, 0.29) is 15.7 Å². The van der Waals surface area contributed by atoms with E-state index in [0.29, 0.717) is 6.08 Å². The van der Waals surface area contributed by atoms with Crippen LogP contribution in [0.25, 0.3) is 6.08 Å². The van der Waals surface area contributed by atoms with Gasteiger partial charge < -0.3 is 15.6 Å². The van der Waals surface area contributed by atoms with Gasteiger partial charge in [0.2, 0.25) is 0 Å². The van der Waals surface area contributed by atoms with Gasteiger partial charge in [0.1, 0.15) is 0 Å². The molecule has 0 saturated heterocycles. The van der Waals surface area contributed by atoms with Crippen LogP contribution in [0, 0.1) is 0 Å². The summed E-state index contributed by atoms with van der Waals surface area (Å²) in [6.07, 6.45) is -3.27. The topological polar surface area (TPSA) is 72.6 Å². The number of nitrogens with two attached hydrogens (primary N) is 1. The highest BCUT2D eigenvalue weighted by Crippen LogP contribution is 2.37. The number of halogens is 4. The number of nitrogen functional groups attached to an aromatic ring is 1. The molecule has 4 nitrogen and oxygen atoms in total. The van der Waals surface area contributed by atoms with Gasteiger partial charge in [0.05, 0.1) is 5.69 Å². The fraction of sp³-hybridized carbons (Fsp3) is 0.100. The molecule has 3 N–H and O–H groups in total. The molecule has 1 aromatic carbocycles. The summed E-state index contributed by atoms with van der Waals surface area (Å²) in [4.78, 5) is 10.4. The van der Waals surface area contributed by atoms with Gasteiger partial charge >= 0.3 is 12.3 Å². The van der Waals surface area contributed by atoms with Crippen molar-refractivity contribution >= 4 is 33.7 Å². The molecule has 0 unspecified atom stereocenters. The van der Waals surface area contributed by atoms with Gasteiger partial charge in [-0.05, 0) is 18.2 Å². The molecule has 0 amide bonds. The summed E-state index contributed by atoms with van der Waals surface area (Å²) in [5.74, 6) is -1.95. The van der Waals surface area contributed by atoms with Crippen LogP contribution in [-0.2, 0) is 4.79 Å².